The average molecular weight is 652 g/mol. The lowest BCUT2D eigenvalue weighted by Gasteiger charge is -2.24. The number of nitrogens with one attached hydrogen (secondary N) is 1. The van der Waals surface area contributed by atoms with Gasteiger partial charge in [0, 0.05) is 36.5 Å². The predicted octanol–water partition coefficient (Wildman–Crippen LogP) is 1.14. The smallest absolute Gasteiger partial charge is 0.410 e. The van der Waals surface area contributed by atoms with E-state index in [1.807, 2.05) is 0 Å². The minimum Gasteiger partial charge on any atom is -0.480 e. The molecule has 0 spiro atoms. The number of aliphatic hydroxyl groups is 3. The number of nitrogens with zero attached hydrogens (tertiary/aromatic N) is 2. The van der Waals surface area contributed by atoms with Crippen LogP contribution in [-0.2, 0) is 28.5 Å². The quantitative estimate of drug-likeness (QED) is 0.154. The molecule has 0 saturated heterocycles. The number of ether oxygens (including phenoxy) is 4. The summed E-state index contributed by atoms with van der Waals surface area (Å²) in [7, 11) is 5.37. The van der Waals surface area contributed by atoms with Crippen LogP contribution in [0.5, 0.6) is 0 Å². The molecule has 0 fully saturated rings. The van der Waals surface area contributed by atoms with Gasteiger partial charge in [-0.15, -0.1) is 0 Å². The standard InChI is InChI=1S/C12H24N2O5.C8H15NO4.C4H11NO2.C2H6O.2CH4/c1-12(2,3)19-11(17)14(4)9-10(16)13-5-7-18-8-6-15;1-8(2,3)13-7(12)9(4)5-6(10)11;5-1-3-7-4-2-6;1-2-3;;/h15H,5-9H2,1-4H3,(H,13,16);5H2,1-4H3,(H,10,11);6H,1-5H2;3H,2H2,1H3;2*1H4/i;;;;1T;1D. The number of carboxylic acid groups (broad SMARTS) is 1. The Labute approximate surface area is 267 Å². The van der Waals surface area contributed by atoms with Gasteiger partial charge in [-0.3, -0.25) is 9.59 Å². The maximum atomic E-state index is 11.6. The van der Waals surface area contributed by atoms with Gasteiger partial charge in [-0.05, 0) is 48.5 Å². The molecule has 0 unspecified atom stereocenters. The van der Waals surface area contributed by atoms with Crippen molar-refractivity contribution < 1.29 is 61.3 Å². The first-order chi connectivity index (χ1) is 21.3. The third-order valence-electron chi connectivity index (χ3n) is 3.47. The highest BCUT2D eigenvalue weighted by molar-refractivity contribution is 5.82. The maximum absolute atomic E-state index is 11.6. The normalized spacial score (nSPS) is 10.2. The van der Waals surface area contributed by atoms with Crippen molar-refractivity contribution in [1.82, 2.24) is 15.1 Å². The molecule has 16 heteroatoms. The number of carbonyl (C=O) groups is 4. The molecule has 16 nitrogen and oxygen atoms in total. The topological polar surface area (TPSA) is 231 Å². The van der Waals surface area contributed by atoms with Gasteiger partial charge in [-0.1, -0.05) is 14.8 Å². The van der Waals surface area contributed by atoms with E-state index in [2.05, 4.69) is 5.32 Å². The van der Waals surface area contributed by atoms with Gasteiger partial charge in [-0.25, -0.2) is 9.59 Å². The van der Waals surface area contributed by atoms with Crippen molar-refractivity contribution in [3.63, 3.8) is 0 Å². The number of likely N-dealkylation sites (N-methyl/N-ethyl adjacent to an activating group) is 2. The van der Waals surface area contributed by atoms with E-state index in [4.69, 9.17) is 47.8 Å². The van der Waals surface area contributed by atoms with E-state index in [0.717, 1.165) is 4.90 Å². The monoisotopic (exact) mass is 651 g/mol. The number of rotatable bonds is 13. The highest BCUT2D eigenvalue weighted by Crippen LogP contribution is 2.09. The summed E-state index contributed by atoms with van der Waals surface area (Å²) in [6.45, 7) is 14.4. The molecule has 0 saturated carbocycles. The Morgan fingerprint density at radius 3 is 1.50 bits per heavy atom. The van der Waals surface area contributed by atoms with Gasteiger partial charge in [0.05, 0.1) is 39.6 Å². The van der Waals surface area contributed by atoms with E-state index in [1.165, 1.54) is 33.8 Å². The van der Waals surface area contributed by atoms with Crippen LogP contribution < -0.4 is 11.1 Å². The Balaban J connectivity index is -0.000000128. The fourth-order valence-electron chi connectivity index (χ4n) is 1.96. The molecule has 44 heavy (non-hydrogen) atoms. The molecule has 3 amide bonds. The molecule has 7 N–H and O–H groups in total. The number of amides is 3. The predicted molar refractivity (Wildman–Crippen MR) is 169 cm³/mol. The second-order valence-corrected chi connectivity index (χ2v) is 10.2. The highest BCUT2D eigenvalue weighted by atomic mass is 16.6. The molecule has 0 heterocycles. The molecule has 0 aliphatic rings. The number of carbonyl (C=O) groups excluding carboxylic acids is 3. The lowest BCUT2D eigenvalue weighted by Crippen LogP contribution is -2.41. The van der Waals surface area contributed by atoms with Crippen molar-refractivity contribution in [3.05, 3.63) is 0 Å². The molecule has 268 valence electrons. The molecule has 0 aromatic carbocycles. The summed E-state index contributed by atoms with van der Waals surface area (Å²) in [5.41, 5.74) is 3.89. The first kappa shape index (κ1) is 48.2. The second kappa shape index (κ2) is 33.1. The van der Waals surface area contributed by atoms with Gasteiger partial charge < -0.3 is 60.2 Å². The lowest BCUT2D eigenvalue weighted by atomic mass is 10.2. The third-order valence-corrected chi connectivity index (χ3v) is 3.47. The zero-order valence-electron chi connectivity index (χ0n) is 30.8. The van der Waals surface area contributed by atoms with Crippen LogP contribution >= 0.6 is 0 Å². The summed E-state index contributed by atoms with van der Waals surface area (Å²) in [6.07, 6.45) is -1.17. The summed E-state index contributed by atoms with van der Waals surface area (Å²) in [5, 5.41) is 35.2. The van der Waals surface area contributed by atoms with E-state index in [0.29, 0.717) is 32.9 Å². The van der Waals surface area contributed by atoms with Gasteiger partial charge in [0.1, 0.15) is 24.3 Å². The number of hydrogen-bond acceptors (Lipinski definition) is 12. The molecular weight excluding hydrogens is 584 g/mol. The van der Waals surface area contributed by atoms with Crippen molar-refractivity contribution in [3.8, 4) is 0 Å². The number of hydrogen-bond donors (Lipinski definition) is 6. The van der Waals surface area contributed by atoms with Crippen molar-refractivity contribution >= 4 is 24.1 Å². The molecule has 0 radical (unpaired) electrons. The molecule has 0 rings (SSSR count). The van der Waals surface area contributed by atoms with E-state index in [-0.39, 0.29) is 45.4 Å². The van der Waals surface area contributed by atoms with E-state index in [1.54, 1.807) is 48.5 Å². The zero-order valence-corrected chi connectivity index (χ0v) is 28.8. The van der Waals surface area contributed by atoms with Crippen molar-refractivity contribution in [2.45, 2.75) is 74.5 Å². The maximum Gasteiger partial charge on any atom is 0.410 e. The number of carboxylic acids is 1. The van der Waals surface area contributed by atoms with Crippen LogP contribution in [-0.4, -0.2) is 152 Å². The Bertz CT molecular complexity index is 707. The molecule has 0 aromatic heterocycles. The third kappa shape index (κ3) is 48.9. The molecule has 0 bridgehead atoms. The lowest BCUT2D eigenvalue weighted by molar-refractivity contribution is -0.138. The minimum atomic E-state index is -1.06. The van der Waals surface area contributed by atoms with Crippen LogP contribution in [0.25, 0.3) is 0 Å². The SMILES string of the molecule is CCO.CN(CC(=O)NCCOCCO)C(=O)OC(C)(C)C.CN(CC(=O)O)C(=O)OC(C)(C)C.NCCOCCO.[2H]C.[3H]C. The Hall–Kier alpha value is -2.76. The molecule has 0 aliphatic heterocycles. The fourth-order valence-corrected chi connectivity index (χ4v) is 1.96. The van der Waals surface area contributed by atoms with Crippen LogP contribution in [0.4, 0.5) is 9.59 Å². The van der Waals surface area contributed by atoms with Gasteiger partial charge in [0.25, 0.3) is 0 Å². The number of aliphatic carboxylic acids is 1. The second-order valence-electron chi connectivity index (χ2n) is 10.2. The Morgan fingerprint density at radius 2 is 1.18 bits per heavy atom. The van der Waals surface area contributed by atoms with Crippen LogP contribution in [0.1, 0.15) is 66.0 Å². The first-order valence-corrected chi connectivity index (χ1v) is 13.4. The van der Waals surface area contributed by atoms with Crippen LogP contribution in [0.15, 0.2) is 0 Å². The van der Waals surface area contributed by atoms with Gasteiger partial charge in [-0.2, -0.15) is 0 Å². The largest absolute Gasteiger partial charge is 0.480 e. The number of aliphatic hydroxyl groups excluding tert-OH is 3. The minimum absolute atomic E-state index is 0.0463. The van der Waals surface area contributed by atoms with E-state index < -0.39 is 29.4 Å². The van der Waals surface area contributed by atoms with Gasteiger partial charge >= 0.3 is 18.2 Å². The van der Waals surface area contributed by atoms with Gasteiger partial charge in [0.2, 0.25) is 5.91 Å². The highest BCUT2D eigenvalue weighted by Gasteiger charge is 2.21. The zero-order chi connectivity index (χ0) is 37.8. The average Bonchev–Trinajstić information content (AvgIpc) is 2.94. The van der Waals surface area contributed by atoms with E-state index >= 15 is 0 Å². The Kier molecular flexibility index (Phi) is 36.3. The fraction of sp³-hybridized carbons (Fsp3) is 0.857. The molecule has 0 atom stereocenters. The molecular formula is C28H64N4O12. The van der Waals surface area contributed by atoms with Crippen LogP contribution in [0, 0.1) is 0 Å². The first-order valence-electron chi connectivity index (χ1n) is 15.4. The van der Waals surface area contributed by atoms with Crippen LogP contribution in [0.3, 0.4) is 0 Å². The van der Waals surface area contributed by atoms with Crippen molar-refractivity contribution in [2.75, 3.05) is 86.5 Å². The van der Waals surface area contributed by atoms with Gasteiger partial charge in [0.15, 0.2) is 0 Å². The summed E-state index contributed by atoms with van der Waals surface area (Å²) in [4.78, 5) is 46.6. The van der Waals surface area contributed by atoms with E-state index in [9.17, 15) is 19.2 Å². The summed E-state index contributed by atoms with van der Waals surface area (Å²) in [5.74, 6) is -1.35. The van der Waals surface area contributed by atoms with Crippen molar-refractivity contribution in [2.24, 2.45) is 5.73 Å². The summed E-state index contributed by atoms with van der Waals surface area (Å²) < 4.78 is 31.3. The molecule has 0 aliphatic carbocycles. The Morgan fingerprint density at radius 1 is 0.818 bits per heavy atom. The summed E-state index contributed by atoms with van der Waals surface area (Å²) in [6, 6.07) is 0. The summed E-state index contributed by atoms with van der Waals surface area (Å²) >= 11 is 0. The van der Waals surface area contributed by atoms with Crippen molar-refractivity contribution in [1.29, 1.82) is 0 Å². The van der Waals surface area contributed by atoms with Crippen LogP contribution in [0.2, 0.25) is 0 Å². The number of nitrogens with two attached hydrogens (primary N) is 1. The molecule has 0 aromatic rings.